The van der Waals surface area contributed by atoms with Gasteiger partial charge in [0.25, 0.3) is 5.91 Å². The number of aryl methyl sites for hydroxylation is 1. The van der Waals surface area contributed by atoms with E-state index in [0.29, 0.717) is 37.2 Å². The van der Waals surface area contributed by atoms with Crippen molar-refractivity contribution in [2.45, 2.75) is 75.8 Å². The quantitative estimate of drug-likeness (QED) is 0.554. The number of benzene rings is 2. The highest BCUT2D eigenvalue weighted by Crippen LogP contribution is 2.50. The van der Waals surface area contributed by atoms with Gasteiger partial charge in [-0.2, -0.15) is 4.31 Å². The van der Waals surface area contributed by atoms with E-state index in [1.165, 1.54) is 23.2 Å². The number of carbonyl (C=O) groups excluding carboxylic acids is 1. The lowest BCUT2D eigenvalue weighted by atomic mass is 9.77. The molecule has 0 N–H and O–H groups in total. The van der Waals surface area contributed by atoms with Crippen molar-refractivity contribution in [3.63, 3.8) is 0 Å². The molecule has 1 saturated heterocycles. The standard InChI is InChI=1S/C28H37N3O3S/c1-4-15-29(16-5-2)35(33,34)22-12-10-21(11-13-22)28(32)31-18-17-30-25-14-9-20(3)19-24(25)23-7-6-8-26(31)27(23)30/h9-14,19,23,26-27H,4-8,15-18H2,1-3H3/t23-,26-,27-/m0/s1. The van der Waals surface area contributed by atoms with Gasteiger partial charge in [0.05, 0.1) is 17.0 Å². The van der Waals surface area contributed by atoms with Crippen LogP contribution in [0.3, 0.4) is 0 Å². The van der Waals surface area contributed by atoms with Gasteiger partial charge in [0, 0.05) is 43.3 Å². The van der Waals surface area contributed by atoms with Crippen LogP contribution >= 0.6 is 0 Å². The van der Waals surface area contributed by atoms with Crippen molar-refractivity contribution >= 4 is 21.6 Å². The maximum absolute atomic E-state index is 13.7. The Morgan fingerprint density at radius 1 is 1.00 bits per heavy atom. The molecule has 1 amide bonds. The van der Waals surface area contributed by atoms with Crippen LogP contribution in [0.4, 0.5) is 5.69 Å². The van der Waals surface area contributed by atoms with Crippen molar-refractivity contribution < 1.29 is 13.2 Å². The van der Waals surface area contributed by atoms with Gasteiger partial charge < -0.3 is 9.80 Å². The average molecular weight is 496 g/mol. The molecule has 3 atom stereocenters. The number of fused-ring (bicyclic) bond motifs is 3. The molecule has 0 unspecified atom stereocenters. The van der Waals surface area contributed by atoms with Crippen molar-refractivity contribution in [1.82, 2.24) is 9.21 Å². The Hall–Kier alpha value is -2.38. The highest BCUT2D eigenvalue weighted by atomic mass is 32.2. The zero-order chi connectivity index (χ0) is 24.7. The van der Waals surface area contributed by atoms with E-state index in [9.17, 15) is 13.2 Å². The van der Waals surface area contributed by atoms with Gasteiger partial charge >= 0.3 is 0 Å². The van der Waals surface area contributed by atoms with Crippen LogP contribution in [0.2, 0.25) is 0 Å². The Morgan fingerprint density at radius 2 is 1.71 bits per heavy atom. The van der Waals surface area contributed by atoms with Crippen LogP contribution in [0.1, 0.15) is 73.4 Å². The first-order valence-corrected chi connectivity index (χ1v) is 14.6. The third kappa shape index (κ3) is 4.16. The molecule has 2 aromatic rings. The number of carbonyl (C=O) groups is 1. The second-order valence-electron chi connectivity index (χ2n) is 10.3. The Labute approximate surface area is 210 Å². The summed E-state index contributed by atoms with van der Waals surface area (Å²) in [5.74, 6) is 0.500. The molecule has 2 heterocycles. The topological polar surface area (TPSA) is 60.9 Å². The number of nitrogens with zero attached hydrogens (tertiary/aromatic N) is 3. The first kappa shape index (κ1) is 24.3. The van der Waals surface area contributed by atoms with Crippen LogP contribution in [0.25, 0.3) is 0 Å². The van der Waals surface area contributed by atoms with E-state index in [1.54, 1.807) is 28.6 Å². The van der Waals surface area contributed by atoms with Crippen LogP contribution in [0.15, 0.2) is 47.4 Å². The fraction of sp³-hybridized carbons (Fsp3) is 0.536. The molecule has 2 fully saturated rings. The normalized spacial score (nSPS) is 23.4. The van der Waals surface area contributed by atoms with E-state index in [0.717, 1.165) is 32.2 Å². The van der Waals surface area contributed by atoms with E-state index < -0.39 is 10.0 Å². The summed E-state index contributed by atoms with van der Waals surface area (Å²) >= 11 is 0. The third-order valence-electron chi connectivity index (χ3n) is 8.00. The lowest BCUT2D eigenvalue weighted by Crippen LogP contribution is -2.62. The van der Waals surface area contributed by atoms with Crippen LogP contribution < -0.4 is 4.90 Å². The van der Waals surface area contributed by atoms with Crippen LogP contribution in [0.5, 0.6) is 0 Å². The van der Waals surface area contributed by atoms with E-state index in [1.807, 2.05) is 13.8 Å². The molecule has 0 radical (unpaired) electrons. The summed E-state index contributed by atoms with van der Waals surface area (Å²) < 4.78 is 27.8. The predicted octanol–water partition coefficient (Wildman–Crippen LogP) is 4.79. The third-order valence-corrected chi connectivity index (χ3v) is 9.91. The van der Waals surface area contributed by atoms with Gasteiger partial charge in [-0.05, 0) is 68.5 Å². The Balaban J connectivity index is 1.37. The van der Waals surface area contributed by atoms with Crippen molar-refractivity contribution in [3.8, 4) is 0 Å². The predicted molar refractivity (Wildman–Crippen MR) is 140 cm³/mol. The van der Waals surface area contributed by atoms with E-state index in [2.05, 4.69) is 34.9 Å². The molecule has 2 aliphatic heterocycles. The maximum Gasteiger partial charge on any atom is 0.254 e. The molecule has 7 heteroatoms. The van der Waals surface area contributed by atoms with Crippen molar-refractivity contribution in [2.75, 3.05) is 31.1 Å². The molecule has 188 valence electrons. The van der Waals surface area contributed by atoms with Crippen LogP contribution in [-0.4, -0.2) is 61.8 Å². The molecule has 1 saturated carbocycles. The summed E-state index contributed by atoms with van der Waals surface area (Å²) in [4.78, 5) is 18.5. The van der Waals surface area contributed by atoms with Gasteiger partial charge in [-0.25, -0.2) is 8.42 Å². The summed E-state index contributed by atoms with van der Waals surface area (Å²) in [6.45, 7) is 8.68. The second-order valence-corrected chi connectivity index (χ2v) is 12.2. The zero-order valence-corrected chi connectivity index (χ0v) is 21.9. The largest absolute Gasteiger partial charge is 0.364 e. The molecule has 6 nitrogen and oxygen atoms in total. The van der Waals surface area contributed by atoms with Crippen LogP contribution in [0, 0.1) is 6.92 Å². The molecule has 0 aromatic heterocycles. The van der Waals surface area contributed by atoms with Gasteiger partial charge in [-0.3, -0.25) is 4.79 Å². The molecular formula is C28H37N3O3S. The molecule has 0 bridgehead atoms. The second kappa shape index (κ2) is 9.58. The molecule has 3 aliphatic rings. The van der Waals surface area contributed by atoms with Crippen molar-refractivity contribution in [1.29, 1.82) is 0 Å². The molecular weight excluding hydrogens is 458 g/mol. The summed E-state index contributed by atoms with van der Waals surface area (Å²) in [6.07, 6.45) is 4.86. The Bertz CT molecular complexity index is 1190. The van der Waals surface area contributed by atoms with E-state index in [4.69, 9.17) is 0 Å². The minimum atomic E-state index is -3.55. The van der Waals surface area contributed by atoms with Crippen molar-refractivity contribution in [2.24, 2.45) is 0 Å². The first-order valence-electron chi connectivity index (χ1n) is 13.1. The number of hydrogen-bond acceptors (Lipinski definition) is 4. The summed E-state index contributed by atoms with van der Waals surface area (Å²) in [6, 6.07) is 13.9. The van der Waals surface area contributed by atoms with Crippen molar-refractivity contribution in [3.05, 3.63) is 59.2 Å². The number of anilines is 1. The molecule has 5 rings (SSSR count). The molecule has 1 aliphatic carbocycles. The highest BCUT2D eigenvalue weighted by Gasteiger charge is 2.50. The van der Waals surface area contributed by atoms with Gasteiger partial charge in [-0.1, -0.05) is 38.0 Å². The highest BCUT2D eigenvalue weighted by molar-refractivity contribution is 7.89. The van der Waals surface area contributed by atoms with Gasteiger partial charge in [0.1, 0.15) is 0 Å². The molecule has 35 heavy (non-hydrogen) atoms. The maximum atomic E-state index is 13.7. The average Bonchev–Trinajstić information content (AvgIpc) is 3.18. The number of hydrogen-bond donors (Lipinski definition) is 0. The lowest BCUT2D eigenvalue weighted by Gasteiger charge is -2.49. The number of amides is 1. The molecule has 2 aromatic carbocycles. The van der Waals surface area contributed by atoms with Gasteiger partial charge in [-0.15, -0.1) is 0 Å². The number of piperazine rings is 1. The van der Waals surface area contributed by atoms with Gasteiger partial charge in [0.2, 0.25) is 10.0 Å². The fourth-order valence-electron chi connectivity index (χ4n) is 6.49. The fourth-order valence-corrected chi connectivity index (χ4v) is 8.12. The minimum Gasteiger partial charge on any atom is -0.364 e. The van der Waals surface area contributed by atoms with E-state index >= 15 is 0 Å². The minimum absolute atomic E-state index is 0.0188. The zero-order valence-electron chi connectivity index (χ0n) is 21.1. The number of sulfonamides is 1. The molecule has 0 spiro atoms. The summed E-state index contributed by atoms with van der Waals surface area (Å²) in [7, 11) is -3.55. The van der Waals surface area contributed by atoms with Gasteiger partial charge in [0.15, 0.2) is 0 Å². The lowest BCUT2D eigenvalue weighted by molar-refractivity contribution is 0.0532. The monoisotopic (exact) mass is 495 g/mol. The Kier molecular flexibility index (Phi) is 6.66. The van der Waals surface area contributed by atoms with Crippen LogP contribution in [-0.2, 0) is 10.0 Å². The first-order chi connectivity index (χ1) is 16.9. The smallest absolute Gasteiger partial charge is 0.254 e. The Morgan fingerprint density at radius 3 is 2.40 bits per heavy atom. The summed E-state index contributed by atoms with van der Waals surface area (Å²) in [5, 5.41) is 0. The summed E-state index contributed by atoms with van der Waals surface area (Å²) in [5.41, 5.74) is 4.67. The number of rotatable bonds is 7. The van der Waals surface area contributed by atoms with E-state index in [-0.39, 0.29) is 16.8 Å². The SMILES string of the molecule is CCCN(CCC)S(=O)(=O)c1ccc(C(=O)N2CCN3c4ccc(C)cc4[C@@H]4CCC[C@H]2[C@H]43)cc1.